The summed E-state index contributed by atoms with van der Waals surface area (Å²) >= 11 is 1.85. The molecule has 0 saturated carbocycles. The van der Waals surface area contributed by atoms with Gasteiger partial charge in [-0.1, -0.05) is 13.8 Å². The van der Waals surface area contributed by atoms with Gasteiger partial charge in [0.2, 0.25) is 0 Å². The molecule has 1 atom stereocenters. The zero-order chi connectivity index (χ0) is 11.8. The van der Waals surface area contributed by atoms with Crippen LogP contribution < -0.4 is 0 Å². The molecule has 1 aliphatic rings. The Morgan fingerprint density at radius 1 is 1.50 bits per heavy atom. The van der Waals surface area contributed by atoms with Crippen LogP contribution in [0.2, 0.25) is 0 Å². The van der Waals surface area contributed by atoms with Gasteiger partial charge in [0.1, 0.15) is 5.82 Å². The van der Waals surface area contributed by atoms with Crippen molar-refractivity contribution in [2.75, 3.05) is 11.5 Å². The van der Waals surface area contributed by atoms with E-state index in [0.717, 1.165) is 23.8 Å². The highest BCUT2D eigenvalue weighted by Gasteiger charge is 2.39. The molecule has 0 amide bonds. The molecule has 0 spiro atoms. The van der Waals surface area contributed by atoms with Crippen molar-refractivity contribution in [1.29, 1.82) is 0 Å². The van der Waals surface area contributed by atoms with E-state index in [1.54, 1.807) is 6.20 Å². The quantitative estimate of drug-likeness (QED) is 0.857. The van der Waals surface area contributed by atoms with Crippen LogP contribution in [-0.4, -0.2) is 31.8 Å². The van der Waals surface area contributed by atoms with Crippen LogP contribution in [0.4, 0.5) is 0 Å². The summed E-state index contributed by atoms with van der Waals surface area (Å²) in [6, 6.07) is 0. The van der Waals surface area contributed by atoms with Crippen LogP contribution in [0, 0.1) is 5.41 Å². The van der Waals surface area contributed by atoms with Crippen LogP contribution in [0.15, 0.2) is 12.4 Å². The zero-order valence-electron chi connectivity index (χ0n) is 10.2. The van der Waals surface area contributed by atoms with Crippen molar-refractivity contribution in [3.63, 3.8) is 0 Å². The molecule has 1 unspecified atom stereocenters. The predicted octanol–water partition coefficient (Wildman–Crippen LogP) is 1.86. The molecular formula is C12H20N2OS. The first-order chi connectivity index (χ1) is 7.40. The molecule has 16 heavy (non-hydrogen) atoms. The van der Waals surface area contributed by atoms with E-state index in [9.17, 15) is 5.11 Å². The summed E-state index contributed by atoms with van der Waals surface area (Å²) < 4.78 is 1.99. The van der Waals surface area contributed by atoms with Crippen LogP contribution in [0.1, 0.15) is 26.1 Å². The van der Waals surface area contributed by atoms with Gasteiger partial charge in [-0.25, -0.2) is 4.98 Å². The van der Waals surface area contributed by atoms with Crippen LogP contribution in [0.3, 0.4) is 0 Å². The Morgan fingerprint density at radius 3 is 2.81 bits per heavy atom. The van der Waals surface area contributed by atoms with Gasteiger partial charge in [-0.3, -0.25) is 0 Å². The van der Waals surface area contributed by atoms with Crippen LogP contribution >= 0.6 is 11.8 Å². The number of nitrogens with zero attached hydrogens (tertiary/aromatic N) is 2. The molecule has 0 aromatic carbocycles. The molecule has 0 radical (unpaired) electrons. The van der Waals surface area contributed by atoms with Crippen molar-refractivity contribution in [2.45, 2.75) is 32.3 Å². The van der Waals surface area contributed by atoms with Crippen molar-refractivity contribution in [3.05, 3.63) is 18.2 Å². The highest BCUT2D eigenvalue weighted by Crippen LogP contribution is 2.40. The monoisotopic (exact) mass is 240 g/mol. The Morgan fingerprint density at radius 2 is 2.25 bits per heavy atom. The Bertz CT molecular complexity index is 375. The average Bonchev–Trinajstić information content (AvgIpc) is 2.48. The van der Waals surface area contributed by atoms with E-state index in [4.69, 9.17) is 0 Å². The minimum Gasteiger partial charge on any atom is -0.389 e. The lowest BCUT2D eigenvalue weighted by Crippen LogP contribution is -2.44. The second-order valence-corrected chi connectivity index (χ2v) is 6.67. The summed E-state index contributed by atoms with van der Waals surface area (Å²) in [4.78, 5) is 4.30. The van der Waals surface area contributed by atoms with Crippen LogP contribution in [0.25, 0.3) is 0 Å². The predicted molar refractivity (Wildman–Crippen MR) is 67.6 cm³/mol. The summed E-state index contributed by atoms with van der Waals surface area (Å²) in [6.07, 6.45) is 5.24. The molecule has 0 aliphatic carbocycles. The summed E-state index contributed by atoms with van der Waals surface area (Å²) in [6.45, 7) is 4.45. The number of hydrogen-bond acceptors (Lipinski definition) is 3. The van der Waals surface area contributed by atoms with E-state index in [-0.39, 0.29) is 5.41 Å². The third-order valence-electron chi connectivity index (χ3n) is 3.08. The van der Waals surface area contributed by atoms with Crippen molar-refractivity contribution >= 4 is 11.8 Å². The number of thioether (sulfide) groups is 1. The molecule has 3 nitrogen and oxygen atoms in total. The SMILES string of the molecule is Cn1ccnc1CC1(O)CSCC(C)(C)C1. The first-order valence-electron chi connectivity index (χ1n) is 5.67. The van der Waals surface area contributed by atoms with Crippen molar-refractivity contribution in [1.82, 2.24) is 9.55 Å². The molecule has 90 valence electrons. The molecular weight excluding hydrogens is 220 g/mol. The molecule has 1 fully saturated rings. The van der Waals surface area contributed by atoms with Gasteiger partial charge in [-0.2, -0.15) is 11.8 Å². The van der Waals surface area contributed by atoms with Crippen molar-refractivity contribution in [2.24, 2.45) is 12.5 Å². The molecule has 1 aromatic rings. The second-order valence-electron chi connectivity index (χ2n) is 5.69. The van der Waals surface area contributed by atoms with Crippen LogP contribution in [0.5, 0.6) is 0 Å². The summed E-state index contributed by atoms with van der Waals surface area (Å²) in [5, 5.41) is 10.6. The fraction of sp³-hybridized carbons (Fsp3) is 0.750. The molecule has 1 saturated heterocycles. The van der Waals surface area contributed by atoms with E-state index in [2.05, 4.69) is 18.8 Å². The molecule has 2 heterocycles. The van der Waals surface area contributed by atoms with Gasteiger partial charge in [0, 0.05) is 31.6 Å². The maximum atomic E-state index is 10.6. The van der Waals surface area contributed by atoms with E-state index in [0.29, 0.717) is 6.42 Å². The fourth-order valence-corrected chi connectivity index (χ4v) is 3.83. The van der Waals surface area contributed by atoms with Gasteiger partial charge < -0.3 is 9.67 Å². The van der Waals surface area contributed by atoms with E-state index >= 15 is 0 Å². The normalized spacial score (nSPS) is 29.2. The number of rotatable bonds is 2. The van der Waals surface area contributed by atoms with Gasteiger partial charge in [0.15, 0.2) is 0 Å². The Balaban J connectivity index is 2.11. The maximum absolute atomic E-state index is 10.6. The van der Waals surface area contributed by atoms with Crippen molar-refractivity contribution < 1.29 is 5.11 Å². The maximum Gasteiger partial charge on any atom is 0.111 e. The molecule has 2 rings (SSSR count). The highest BCUT2D eigenvalue weighted by atomic mass is 32.2. The lowest BCUT2D eigenvalue weighted by Gasteiger charge is -2.40. The Kier molecular flexibility index (Phi) is 3.05. The highest BCUT2D eigenvalue weighted by molar-refractivity contribution is 7.99. The first-order valence-corrected chi connectivity index (χ1v) is 6.82. The first kappa shape index (κ1) is 12.0. The Labute approximate surface area is 101 Å². The lowest BCUT2D eigenvalue weighted by molar-refractivity contribution is 0.0178. The minimum absolute atomic E-state index is 0.225. The second kappa shape index (κ2) is 4.08. The molecule has 0 bridgehead atoms. The smallest absolute Gasteiger partial charge is 0.111 e. The third kappa shape index (κ3) is 2.61. The van der Waals surface area contributed by atoms with Gasteiger partial charge in [-0.15, -0.1) is 0 Å². The van der Waals surface area contributed by atoms with E-state index < -0.39 is 5.60 Å². The number of aliphatic hydroxyl groups is 1. The topological polar surface area (TPSA) is 38.0 Å². The zero-order valence-corrected chi connectivity index (χ0v) is 11.0. The molecule has 1 aliphatic heterocycles. The van der Waals surface area contributed by atoms with Gasteiger partial charge >= 0.3 is 0 Å². The standard InChI is InChI=1S/C12H20N2OS/c1-11(2)7-12(15,9-16-8-11)6-10-13-4-5-14(10)3/h4-5,15H,6-9H2,1-3H3. The van der Waals surface area contributed by atoms with Crippen LogP contribution in [-0.2, 0) is 13.5 Å². The number of hydrogen-bond donors (Lipinski definition) is 1. The van der Waals surface area contributed by atoms with Gasteiger partial charge in [0.05, 0.1) is 5.60 Å². The van der Waals surface area contributed by atoms with E-state index in [1.165, 1.54) is 0 Å². The number of imidazole rings is 1. The number of aromatic nitrogens is 2. The van der Waals surface area contributed by atoms with E-state index in [1.807, 2.05) is 29.6 Å². The Hall–Kier alpha value is -0.480. The minimum atomic E-state index is -0.592. The van der Waals surface area contributed by atoms with Gasteiger partial charge in [-0.05, 0) is 17.6 Å². The average molecular weight is 240 g/mol. The van der Waals surface area contributed by atoms with Gasteiger partial charge in [0.25, 0.3) is 0 Å². The molecule has 1 N–H and O–H groups in total. The van der Waals surface area contributed by atoms with Crippen molar-refractivity contribution in [3.8, 4) is 0 Å². The summed E-state index contributed by atoms with van der Waals surface area (Å²) in [5.74, 6) is 2.93. The summed E-state index contributed by atoms with van der Waals surface area (Å²) in [5.41, 5.74) is -0.367. The molecule has 4 heteroatoms. The molecule has 1 aromatic heterocycles. The third-order valence-corrected chi connectivity index (χ3v) is 4.81. The lowest BCUT2D eigenvalue weighted by atomic mass is 9.80. The number of aryl methyl sites for hydroxylation is 1. The largest absolute Gasteiger partial charge is 0.389 e. The summed E-state index contributed by atoms with van der Waals surface area (Å²) in [7, 11) is 1.98. The fourth-order valence-electron chi connectivity index (χ4n) is 2.48.